The number of carbonyl (C=O) groups is 3. The van der Waals surface area contributed by atoms with E-state index < -0.39 is 30.1 Å². The molecule has 0 aromatic heterocycles. The fraction of sp³-hybridized carbons (Fsp3) is 0.316. The Balaban J connectivity index is 2.74. The van der Waals surface area contributed by atoms with E-state index in [0.717, 1.165) is 0 Å². The van der Waals surface area contributed by atoms with Gasteiger partial charge in [-0.25, -0.2) is 9.59 Å². The van der Waals surface area contributed by atoms with Crippen LogP contribution in [0.25, 0.3) is 0 Å². The highest BCUT2D eigenvalue weighted by Crippen LogP contribution is 2.11. The summed E-state index contributed by atoms with van der Waals surface area (Å²) in [7, 11) is 0. The number of hydrogen-bond acceptors (Lipinski definition) is 5. The van der Waals surface area contributed by atoms with Crippen LogP contribution in [0, 0.1) is 0 Å². The van der Waals surface area contributed by atoms with E-state index >= 15 is 0 Å². The third kappa shape index (κ3) is 8.19. The maximum atomic E-state index is 12.3. The number of ether oxygens (including phenoxy) is 1. The Labute approximate surface area is 157 Å². The SMILES string of the molecule is C=CCC(C=C)OC(=O)C(CCC(=O)O)NC(=O)Nc1ccc(CO)cc1. The Morgan fingerprint density at radius 2 is 1.85 bits per heavy atom. The normalized spacial score (nSPS) is 12.3. The van der Waals surface area contributed by atoms with Gasteiger partial charge in [-0.1, -0.05) is 30.9 Å². The predicted molar refractivity (Wildman–Crippen MR) is 100 cm³/mol. The zero-order valence-electron chi connectivity index (χ0n) is 14.9. The van der Waals surface area contributed by atoms with E-state index in [4.69, 9.17) is 14.9 Å². The second-order valence-corrected chi connectivity index (χ2v) is 5.67. The lowest BCUT2D eigenvalue weighted by atomic mass is 10.1. The number of aliphatic carboxylic acids is 1. The molecule has 0 saturated carbocycles. The first-order chi connectivity index (χ1) is 12.9. The van der Waals surface area contributed by atoms with Crippen LogP contribution < -0.4 is 10.6 Å². The summed E-state index contributed by atoms with van der Waals surface area (Å²) in [6.07, 6.45) is 2.29. The first kappa shape index (κ1) is 21.9. The fourth-order valence-corrected chi connectivity index (χ4v) is 2.12. The van der Waals surface area contributed by atoms with Gasteiger partial charge >= 0.3 is 18.0 Å². The van der Waals surface area contributed by atoms with Crippen molar-refractivity contribution in [3.05, 3.63) is 55.1 Å². The second-order valence-electron chi connectivity index (χ2n) is 5.67. The smallest absolute Gasteiger partial charge is 0.329 e. The molecule has 8 heteroatoms. The zero-order valence-corrected chi connectivity index (χ0v) is 14.9. The maximum absolute atomic E-state index is 12.3. The van der Waals surface area contributed by atoms with Crippen LogP contribution in [0.2, 0.25) is 0 Å². The van der Waals surface area contributed by atoms with Crippen molar-refractivity contribution in [1.82, 2.24) is 5.32 Å². The van der Waals surface area contributed by atoms with Crippen LogP contribution in [0.15, 0.2) is 49.6 Å². The number of hydrogen-bond donors (Lipinski definition) is 4. The van der Waals surface area contributed by atoms with E-state index in [0.29, 0.717) is 17.7 Å². The highest BCUT2D eigenvalue weighted by atomic mass is 16.5. The van der Waals surface area contributed by atoms with Crippen molar-refractivity contribution in [3.63, 3.8) is 0 Å². The van der Waals surface area contributed by atoms with Crippen LogP contribution in [-0.2, 0) is 20.9 Å². The molecule has 0 fully saturated rings. The predicted octanol–water partition coefficient (Wildman–Crippen LogP) is 2.21. The number of rotatable bonds is 11. The van der Waals surface area contributed by atoms with Crippen LogP contribution in [0.5, 0.6) is 0 Å². The fourth-order valence-electron chi connectivity index (χ4n) is 2.12. The molecular weight excluding hydrogens is 352 g/mol. The molecular formula is C19H24N2O6. The van der Waals surface area contributed by atoms with Gasteiger partial charge in [0.1, 0.15) is 12.1 Å². The van der Waals surface area contributed by atoms with E-state index in [1.807, 2.05) is 0 Å². The summed E-state index contributed by atoms with van der Waals surface area (Å²) in [5.41, 5.74) is 1.13. The van der Waals surface area contributed by atoms with E-state index in [2.05, 4.69) is 23.8 Å². The molecule has 0 radical (unpaired) electrons. The van der Waals surface area contributed by atoms with Crippen molar-refractivity contribution in [2.75, 3.05) is 5.32 Å². The number of nitrogens with one attached hydrogen (secondary N) is 2. The lowest BCUT2D eigenvalue weighted by Crippen LogP contribution is -2.45. The molecule has 0 aliphatic heterocycles. The van der Waals surface area contributed by atoms with E-state index in [-0.39, 0.29) is 19.4 Å². The molecule has 1 aromatic carbocycles. The van der Waals surface area contributed by atoms with Gasteiger partial charge in [-0.05, 0) is 24.1 Å². The molecule has 0 spiro atoms. The minimum absolute atomic E-state index is 0.120. The second kappa shape index (κ2) is 11.5. The number of aliphatic hydroxyl groups excluding tert-OH is 1. The molecule has 8 nitrogen and oxygen atoms in total. The first-order valence-electron chi connectivity index (χ1n) is 8.32. The molecule has 0 aliphatic rings. The van der Waals surface area contributed by atoms with Crippen molar-refractivity contribution in [2.24, 2.45) is 0 Å². The molecule has 1 rings (SSSR count). The molecule has 1 aromatic rings. The van der Waals surface area contributed by atoms with Crippen LogP contribution >= 0.6 is 0 Å². The number of anilines is 1. The van der Waals surface area contributed by atoms with Gasteiger partial charge in [0.15, 0.2) is 0 Å². The van der Waals surface area contributed by atoms with Gasteiger partial charge in [-0.3, -0.25) is 4.79 Å². The summed E-state index contributed by atoms with van der Waals surface area (Å²) in [6.45, 7) is 7.00. The van der Waals surface area contributed by atoms with Gasteiger partial charge in [0, 0.05) is 18.5 Å². The Morgan fingerprint density at radius 3 is 2.37 bits per heavy atom. The Hall–Kier alpha value is -3.13. The van der Waals surface area contributed by atoms with Crippen molar-refractivity contribution in [3.8, 4) is 0 Å². The van der Waals surface area contributed by atoms with E-state index in [1.165, 1.54) is 6.08 Å². The number of carbonyl (C=O) groups excluding carboxylic acids is 2. The molecule has 2 atom stereocenters. The van der Waals surface area contributed by atoms with Gasteiger partial charge in [-0.2, -0.15) is 0 Å². The zero-order chi connectivity index (χ0) is 20.2. The number of amides is 2. The highest BCUT2D eigenvalue weighted by Gasteiger charge is 2.25. The largest absolute Gasteiger partial charge is 0.481 e. The highest BCUT2D eigenvalue weighted by molar-refractivity contribution is 5.92. The maximum Gasteiger partial charge on any atom is 0.329 e. The number of carboxylic acids is 1. The third-order valence-electron chi connectivity index (χ3n) is 3.56. The molecule has 2 unspecified atom stereocenters. The van der Waals surface area contributed by atoms with Gasteiger partial charge in [0.05, 0.1) is 6.61 Å². The number of benzene rings is 1. The lowest BCUT2D eigenvalue weighted by Gasteiger charge is -2.20. The van der Waals surface area contributed by atoms with Crippen molar-refractivity contribution in [2.45, 2.75) is 38.0 Å². The van der Waals surface area contributed by atoms with Crippen LogP contribution in [0.1, 0.15) is 24.8 Å². The Bertz CT molecular complexity index is 671. The van der Waals surface area contributed by atoms with Crippen molar-refractivity contribution < 1.29 is 29.3 Å². The molecule has 0 aliphatic carbocycles. The molecule has 0 bridgehead atoms. The van der Waals surface area contributed by atoms with Crippen molar-refractivity contribution in [1.29, 1.82) is 0 Å². The monoisotopic (exact) mass is 376 g/mol. The summed E-state index contributed by atoms with van der Waals surface area (Å²) in [4.78, 5) is 35.3. The van der Waals surface area contributed by atoms with Crippen molar-refractivity contribution >= 4 is 23.7 Å². The van der Waals surface area contributed by atoms with Crippen LogP contribution in [-0.4, -0.2) is 40.3 Å². The molecule has 0 heterocycles. The van der Waals surface area contributed by atoms with E-state index in [1.54, 1.807) is 30.3 Å². The number of aliphatic hydroxyl groups is 1. The van der Waals surface area contributed by atoms with Crippen LogP contribution in [0.4, 0.5) is 10.5 Å². The third-order valence-corrected chi connectivity index (χ3v) is 3.56. The standard InChI is InChI=1S/C19H24N2O6/c1-3-5-15(4-2)27-18(25)16(10-11-17(23)24)21-19(26)20-14-8-6-13(12-22)7-9-14/h3-4,6-9,15-16,22H,1-2,5,10-12H2,(H,23,24)(H2,20,21,26). The van der Waals surface area contributed by atoms with Gasteiger partial charge in [0.25, 0.3) is 0 Å². The first-order valence-corrected chi connectivity index (χ1v) is 8.32. The molecule has 2 amide bonds. The summed E-state index contributed by atoms with van der Waals surface area (Å²) in [6, 6.07) is 4.63. The minimum Gasteiger partial charge on any atom is -0.481 e. The van der Waals surface area contributed by atoms with Gasteiger partial charge in [-0.15, -0.1) is 6.58 Å². The lowest BCUT2D eigenvalue weighted by molar-refractivity contribution is -0.149. The molecule has 27 heavy (non-hydrogen) atoms. The van der Waals surface area contributed by atoms with Crippen LogP contribution in [0.3, 0.4) is 0 Å². The summed E-state index contributed by atoms with van der Waals surface area (Å²) in [5, 5.41) is 22.8. The summed E-state index contributed by atoms with van der Waals surface area (Å²) in [5.74, 6) is -1.85. The van der Waals surface area contributed by atoms with Gasteiger partial charge < -0.3 is 25.6 Å². The summed E-state index contributed by atoms with van der Waals surface area (Å²) >= 11 is 0. The Morgan fingerprint density at radius 1 is 1.19 bits per heavy atom. The topological polar surface area (TPSA) is 125 Å². The number of urea groups is 1. The minimum atomic E-state index is -1.13. The average Bonchev–Trinajstić information content (AvgIpc) is 2.65. The quantitative estimate of drug-likeness (QED) is 0.347. The molecule has 0 saturated heterocycles. The summed E-state index contributed by atoms with van der Waals surface area (Å²) < 4.78 is 5.22. The molecule has 146 valence electrons. The number of carboxylic acid groups (broad SMARTS) is 1. The molecule has 4 N–H and O–H groups in total. The number of esters is 1. The van der Waals surface area contributed by atoms with E-state index in [9.17, 15) is 14.4 Å². The Kier molecular flexibility index (Phi) is 9.32. The van der Waals surface area contributed by atoms with Gasteiger partial charge in [0.2, 0.25) is 0 Å². The average molecular weight is 376 g/mol.